The number of rotatable bonds is 6. The number of nitrogens with one attached hydrogen (secondary N) is 1. The van der Waals surface area contributed by atoms with E-state index in [1.807, 2.05) is 40.3 Å². The lowest BCUT2D eigenvalue weighted by molar-refractivity contribution is -0.136. The standard InChI is InChI=1S/C21H27N5O3S/c1-3-19-21(28)22-7-8-25(19)12-20(27)26-10-16(14-5-4-6-15(9-14)29-2)17(11-26)18-13-30-24-23-18/h4-6,9,13,16-17,19H,3,7-8,10-12H2,1-2H3,(H,22,28)/t16-,17+,19?/m0/s1. The van der Waals surface area contributed by atoms with Crippen molar-refractivity contribution in [1.29, 1.82) is 0 Å². The van der Waals surface area contributed by atoms with Crippen molar-refractivity contribution in [1.82, 2.24) is 24.7 Å². The van der Waals surface area contributed by atoms with Crippen molar-refractivity contribution in [2.75, 3.05) is 39.8 Å². The summed E-state index contributed by atoms with van der Waals surface area (Å²) in [6.45, 7) is 4.74. The molecular weight excluding hydrogens is 402 g/mol. The van der Waals surface area contributed by atoms with Crippen molar-refractivity contribution in [3.63, 3.8) is 0 Å². The van der Waals surface area contributed by atoms with E-state index in [0.29, 0.717) is 32.6 Å². The second kappa shape index (κ2) is 9.09. The van der Waals surface area contributed by atoms with Crippen LogP contribution < -0.4 is 10.1 Å². The van der Waals surface area contributed by atoms with Crippen LogP contribution in [0.1, 0.15) is 36.4 Å². The summed E-state index contributed by atoms with van der Waals surface area (Å²) in [5, 5.41) is 9.15. The van der Waals surface area contributed by atoms with E-state index in [1.54, 1.807) is 7.11 Å². The molecule has 3 heterocycles. The van der Waals surface area contributed by atoms with Crippen molar-refractivity contribution in [2.45, 2.75) is 31.2 Å². The van der Waals surface area contributed by atoms with Crippen LogP contribution >= 0.6 is 11.5 Å². The van der Waals surface area contributed by atoms with Gasteiger partial charge < -0.3 is 15.0 Å². The maximum Gasteiger partial charge on any atom is 0.237 e. The predicted molar refractivity (Wildman–Crippen MR) is 114 cm³/mol. The van der Waals surface area contributed by atoms with E-state index in [1.165, 1.54) is 11.5 Å². The zero-order valence-corrected chi connectivity index (χ0v) is 18.1. The number of likely N-dealkylation sites (tertiary alicyclic amines) is 1. The normalized spacial score (nSPS) is 24.7. The van der Waals surface area contributed by atoms with E-state index in [-0.39, 0.29) is 36.2 Å². The minimum atomic E-state index is -0.238. The van der Waals surface area contributed by atoms with E-state index < -0.39 is 0 Å². The number of hydrogen-bond acceptors (Lipinski definition) is 7. The van der Waals surface area contributed by atoms with Crippen molar-refractivity contribution in [3.05, 3.63) is 40.9 Å². The van der Waals surface area contributed by atoms with Crippen molar-refractivity contribution < 1.29 is 14.3 Å². The second-order valence-electron chi connectivity index (χ2n) is 7.80. The molecule has 0 radical (unpaired) electrons. The van der Waals surface area contributed by atoms with Crippen molar-refractivity contribution >= 4 is 23.3 Å². The molecule has 160 valence electrons. The van der Waals surface area contributed by atoms with Gasteiger partial charge in [0, 0.05) is 43.4 Å². The molecule has 0 spiro atoms. The largest absolute Gasteiger partial charge is 0.497 e. The molecule has 30 heavy (non-hydrogen) atoms. The summed E-state index contributed by atoms with van der Waals surface area (Å²) in [4.78, 5) is 29.2. The highest BCUT2D eigenvalue weighted by Gasteiger charge is 2.39. The number of hydrogen-bond donors (Lipinski definition) is 1. The Bertz CT molecular complexity index is 891. The summed E-state index contributed by atoms with van der Waals surface area (Å²) in [6, 6.07) is 7.78. The molecule has 0 aliphatic carbocycles. The van der Waals surface area contributed by atoms with Gasteiger partial charge in [-0.05, 0) is 35.6 Å². The first-order valence-corrected chi connectivity index (χ1v) is 11.1. The number of carbonyl (C=O) groups excluding carboxylic acids is 2. The molecule has 9 heteroatoms. The lowest BCUT2D eigenvalue weighted by Crippen LogP contribution is -2.57. The Hall–Kier alpha value is -2.52. The van der Waals surface area contributed by atoms with Crippen LogP contribution in [0.15, 0.2) is 29.6 Å². The lowest BCUT2D eigenvalue weighted by Gasteiger charge is -2.34. The molecule has 4 rings (SSSR count). The first kappa shape index (κ1) is 20.7. The number of carbonyl (C=O) groups is 2. The monoisotopic (exact) mass is 429 g/mol. The average molecular weight is 430 g/mol. The Labute approximate surface area is 180 Å². The van der Waals surface area contributed by atoms with Crippen LogP contribution in [0.3, 0.4) is 0 Å². The Balaban J connectivity index is 1.53. The third kappa shape index (κ3) is 4.17. The molecule has 2 aliphatic heterocycles. The van der Waals surface area contributed by atoms with E-state index in [9.17, 15) is 9.59 Å². The molecule has 2 saturated heterocycles. The molecule has 0 bridgehead atoms. The highest BCUT2D eigenvalue weighted by molar-refractivity contribution is 7.03. The predicted octanol–water partition coefficient (Wildman–Crippen LogP) is 1.47. The van der Waals surface area contributed by atoms with Crippen LogP contribution in [0.2, 0.25) is 0 Å². The maximum absolute atomic E-state index is 13.2. The van der Waals surface area contributed by atoms with Crippen LogP contribution in [-0.4, -0.2) is 77.1 Å². The smallest absolute Gasteiger partial charge is 0.237 e. The molecule has 3 atom stereocenters. The van der Waals surface area contributed by atoms with E-state index in [0.717, 1.165) is 17.0 Å². The van der Waals surface area contributed by atoms with Gasteiger partial charge >= 0.3 is 0 Å². The second-order valence-corrected chi connectivity index (χ2v) is 8.41. The number of piperazine rings is 1. The molecule has 2 amide bonds. The highest BCUT2D eigenvalue weighted by atomic mass is 32.1. The Morgan fingerprint density at radius 2 is 2.17 bits per heavy atom. The van der Waals surface area contributed by atoms with Crippen molar-refractivity contribution in [3.8, 4) is 5.75 Å². The number of benzene rings is 1. The third-order valence-electron chi connectivity index (χ3n) is 6.12. The fourth-order valence-corrected chi connectivity index (χ4v) is 5.04. The molecule has 2 aliphatic rings. The number of amides is 2. The van der Waals surface area contributed by atoms with Crippen LogP contribution in [0.25, 0.3) is 0 Å². The van der Waals surface area contributed by atoms with Crippen LogP contribution in [0, 0.1) is 0 Å². The van der Waals surface area contributed by atoms with Gasteiger partial charge in [0.1, 0.15) is 5.75 Å². The zero-order chi connectivity index (χ0) is 21.1. The summed E-state index contributed by atoms with van der Waals surface area (Å²) in [5.41, 5.74) is 2.05. The van der Waals surface area contributed by atoms with E-state index in [2.05, 4.69) is 21.0 Å². The van der Waals surface area contributed by atoms with Crippen molar-refractivity contribution in [2.24, 2.45) is 0 Å². The van der Waals surface area contributed by atoms with Gasteiger partial charge in [0.05, 0.1) is 25.4 Å². The first-order valence-electron chi connectivity index (χ1n) is 10.3. The molecule has 8 nitrogen and oxygen atoms in total. The van der Waals surface area contributed by atoms with Gasteiger partial charge in [-0.2, -0.15) is 0 Å². The van der Waals surface area contributed by atoms with Gasteiger partial charge in [-0.1, -0.05) is 23.5 Å². The van der Waals surface area contributed by atoms with Crippen LogP contribution in [-0.2, 0) is 9.59 Å². The molecule has 2 aromatic rings. The topological polar surface area (TPSA) is 87.7 Å². The molecule has 1 aromatic carbocycles. The minimum absolute atomic E-state index is 0.0126. The van der Waals surface area contributed by atoms with Crippen LogP contribution in [0.4, 0.5) is 0 Å². The van der Waals surface area contributed by atoms with Gasteiger partial charge in [0.25, 0.3) is 0 Å². The molecule has 1 aromatic heterocycles. The van der Waals surface area contributed by atoms with E-state index in [4.69, 9.17) is 4.74 Å². The zero-order valence-electron chi connectivity index (χ0n) is 17.3. The van der Waals surface area contributed by atoms with Crippen LogP contribution in [0.5, 0.6) is 5.75 Å². The molecule has 1 N–H and O–H groups in total. The summed E-state index contributed by atoms with van der Waals surface area (Å²) in [5.74, 6) is 1.09. The van der Waals surface area contributed by atoms with Gasteiger partial charge in [0.15, 0.2) is 0 Å². The third-order valence-corrected chi connectivity index (χ3v) is 6.64. The summed E-state index contributed by atoms with van der Waals surface area (Å²) in [6.07, 6.45) is 0.693. The Kier molecular flexibility index (Phi) is 6.29. The Morgan fingerprint density at radius 1 is 1.33 bits per heavy atom. The van der Waals surface area contributed by atoms with Gasteiger partial charge in [-0.25, -0.2) is 0 Å². The fourth-order valence-electron chi connectivity index (χ4n) is 4.52. The summed E-state index contributed by atoms with van der Waals surface area (Å²) < 4.78 is 9.43. The minimum Gasteiger partial charge on any atom is -0.497 e. The quantitative estimate of drug-likeness (QED) is 0.748. The Morgan fingerprint density at radius 3 is 2.90 bits per heavy atom. The number of ether oxygens (including phenoxy) is 1. The SMILES string of the molecule is CCC1C(=O)NCCN1CC(=O)N1C[C@@H](c2cccc(OC)c2)[C@H](c2csnn2)C1. The first-order chi connectivity index (χ1) is 14.6. The molecule has 1 unspecified atom stereocenters. The number of nitrogens with zero attached hydrogens (tertiary/aromatic N) is 4. The van der Waals surface area contributed by atoms with E-state index >= 15 is 0 Å². The molecular formula is C21H27N5O3S. The number of methoxy groups -OCH3 is 1. The summed E-state index contributed by atoms with van der Waals surface area (Å²) in [7, 11) is 1.66. The fraction of sp³-hybridized carbons (Fsp3) is 0.524. The van der Waals surface area contributed by atoms with Gasteiger partial charge in [-0.3, -0.25) is 14.5 Å². The van der Waals surface area contributed by atoms with Gasteiger partial charge in [-0.15, -0.1) is 5.10 Å². The highest BCUT2D eigenvalue weighted by Crippen LogP contribution is 2.40. The average Bonchev–Trinajstić information content (AvgIpc) is 3.44. The molecule has 2 fully saturated rings. The lowest BCUT2D eigenvalue weighted by atomic mass is 9.87. The van der Waals surface area contributed by atoms with Gasteiger partial charge in [0.2, 0.25) is 11.8 Å². The summed E-state index contributed by atoms with van der Waals surface area (Å²) >= 11 is 1.33. The maximum atomic E-state index is 13.2. The number of aromatic nitrogens is 2. The molecule has 0 saturated carbocycles.